The van der Waals surface area contributed by atoms with E-state index in [9.17, 15) is 4.39 Å². The molecule has 1 aliphatic heterocycles. The number of rotatable bonds is 4. The van der Waals surface area contributed by atoms with Crippen LogP contribution in [-0.4, -0.2) is 19.8 Å². The molecule has 17 heavy (non-hydrogen) atoms. The summed E-state index contributed by atoms with van der Waals surface area (Å²) in [4.78, 5) is 0. The van der Waals surface area contributed by atoms with Crippen LogP contribution in [0.2, 0.25) is 0 Å². The molecule has 0 amide bonds. The van der Waals surface area contributed by atoms with Gasteiger partial charge in [-0.3, -0.25) is 0 Å². The average Bonchev–Trinajstić information content (AvgIpc) is 2.23. The molecule has 2 rings (SSSR count). The number of ether oxygens (including phenoxy) is 1. The van der Waals surface area contributed by atoms with Crippen LogP contribution >= 0.6 is 0 Å². The van der Waals surface area contributed by atoms with Crippen molar-refractivity contribution in [1.82, 2.24) is 5.32 Å². The Bertz CT molecular complexity index is 390. The van der Waals surface area contributed by atoms with Crippen LogP contribution in [0.25, 0.3) is 0 Å². The molecule has 1 aromatic rings. The van der Waals surface area contributed by atoms with Gasteiger partial charge in [0.1, 0.15) is 5.82 Å². The monoisotopic (exact) mass is 237 g/mol. The maximum absolute atomic E-state index is 13.4. The Morgan fingerprint density at radius 3 is 2.35 bits per heavy atom. The van der Waals surface area contributed by atoms with Gasteiger partial charge in [0.15, 0.2) is 0 Å². The molecule has 94 valence electrons. The Kier molecular flexibility index (Phi) is 3.50. The quantitative estimate of drug-likeness (QED) is 0.869. The maximum atomic E-state index is 13.4. The first-order valence-electron chi connectivity index (χ1n) is 6.04. The Balaban J connectivity index is 1.90. The molecule has 1 fully saturated rings. The third kappa shape index (κ3) is 2.85. The Morgan fingerprint density at radius 2 is 1.88 bits per heavy atom. The largest absolute Gasteiger partial charge is 0.380 e. The topological polar surface area (TPSA) is 21.3 Å². The van der Waals surface area contributed by atoms with Crippen molar-refractivity contribution >= 4 is 0 Å². The van der Waals surface area contributed by atoms with Crippen LogP contribution in [-0.2, 0) is 11.3 Å². The van der Waals surface area contributed by atoms with Gasteiger partial charge in [0.2, 0.25) is 0 Å². The normalized spacial score (nSPS) is 17.9. The lowest BCUT2D eigenvalue weighted by atomic mass is 9.89. The van der Waals surface area contributed by atoms with Gasteiger partial charge in [-0.05, 0) is 30.5 Å². The highest BCUT2D eigenvalue weighted by molar-refractivity contribution is 5.30. The van der Waals surface area contributed by atoms with Crippen molar-refractivity contribution in [3.8, 4) is 0 Å². The van der Waals surface area contributed by atoms with Gasteiger partial charge in [-0.2, -0.15) is 0 Å². The highest BCUT2D eigenvalue weighted by Crippen LogP contribution is 2.25. The molecule has 1 aromatic carbocycles. The molecule has 3 heteroatoms. The number of halogens is 1. The van der Waals surface area contributed by atoms with Crippen LogP contribution in [0.15, 0.2) is 12.1 Å². The molecule has 2 nitrogen and oxygen atoms in total. The van der Waals surface area contributed by atoms with Crippen LogP contribution in [0.5, 0.6) is 0 Å². The van der Waals surface area contributed by atoms with E-state index >= 15 is 0 Å². The van der Waals surface area contributed by atoms with Crippen molar-refractivity contribution in [3.63, 3.8) is 0 Å². The predicted molar refractivity (Wildman–Crippen MR) is 66.5 cm³/mol. The Hall–Kier alpha value is -0.930. The smallest absolute Gasteiger partial charge is 0.129 e. The van der Waals surface area contributed by atoms with Gasteiger partial charge in [-0.1, -0.05) is 19.1 Å². The van der Waals surface area contributed by atoms with Crippen molar-refractivity contribution in [2.45, 2.75) is 27.3 Å². The highest BCUT2D eigenvalue weighted by atomic mass is 19.1. The summed E-state index contributed by atoms with van der Waals surface area (Å²) in [5, 5.41) is 3.42. The van der Waals surface area contributed by atoms with E-state index in [2.05, 4.69) is 12.2 Å². The molecule has 1 saturated heterocycles. The molecule has 0 unspecified atom stereocenters. The molecular weight excluding hydrogens is 217 g/mol. The van der Waals surface area contributed by atoms with Crippen molar-refractivity contribution in [3.05, 3.63) is 34.6 Å². The van der Waals surface area contributed by atoms with Crippen molar-refractivity contribution in [2.24, 2.45) is 5.41 Å². The number of hydrogen-bond donors (Lipinski definition) is 1. The lowest BCUT2D eigenvalue weighted by Gasteiger charge is -2.38. The molecule has 0 spiro atoms. The third-order valence-electron chi connectivity index (χ3n) is 3.28. The standard InChI is InChI=1S/C14H20FNO/c1-10-4-12(5-11(2)13(10)15)6-16-7-14(3)8-17-9-14/h4-5,16H,6-9H2,1-3H3. The van der Waals surface area contributed by atoms with Gasteiger partial charge in [0.05, 0.1) is 13.2 Å². The summed E-state index contributed by atoms with van der Waals surface area (Å²) in [6.07, 6.45) is 0. The van der Waals surface area contributed by atoms with Gasteiger partial charge in [-0.15, -0.1) is 0 Å². The van der Waals surface area contributed by atoms with Crippen molar-refractivity contribution in [1.29, 1.82) is 0 Å². The molecule has 1 aliphatic rings. The van der Waals surface area contributed by atoms with Gasteiger partial charge in [-0.25, -0.2) is 4.39 Å². The zero-order valence-electron chi connectivity index (χ0n) is 10.8. The summed E-state index contributed by atoms with van der Waals surface area (Å²) >= 11 is 0. The molecule has 0 aliphatic carbocycles. The molecule has 1 N–H and O–H groups in total. The third-order valence-corrected chi connectivity index (χ3v) is 3.28. The molecule has 1 heterocycles. The fraction of sp³-hybridized carbons (Fsp3) is 0.571. The summed E-state index contributed by atoms with van der Waals surface area (Å²) < 4.78 is 18.7. The van der Waals surface area contributed by atoms with Crippen LogP contribution in [0, 0.1) is 25.1 Å². The SMILES string of the molecule is Cc1cc(CNCC2(C)COC2)cc(C)c1F. The van der Waals surface area contributed by atoms with Crippen molar-refractivity contribution < 1.29 is 9.13 Å². The highest BCUT2D eigenvalue weighted by Gasteiger charge is 2.32. The second kappa shape index (κ2) is 4.75. The van der Waals surface area contributed by atoms with E-state index in [1.54, 1.807) is 0 Å². The zero-order chi connectivity index (χ0) is 12.5. The minimum atomic E-state index is -0.0897. The summed E-state index contributed by atoms with van der Waals surface area (Å²) in [6, 6.07) is 3.82. The minimum absolute atomic E-state index is 0.0897. The van der Waals surface area contributed by atoms with Gasteiger partial charge < -0.3 is 10.1 Å². The first-order valence-corrected chi connectivity index (χ1v) is 6.04. The second-order valence-corrected chi connectivity index (χ2v) is 5.45. The first-order chi connectivity index (χ1) is 8.00. The molecule has 0 bridgehead atoms. The predicted octanol–water partition coefficient (Wildman–Crippen LogP) is 2.57. The number of benzene rings is 1. The zero-order valence-corrected chi connectivity index (χ0v) is 10.8. The van der Waals surface area contributed by atoms with E-state index in [1.165, 1.54) is 0 Å². The molecule has 0 atom stereocenters. The number of hydrogen-bond acceptors (Lipinski definition) is 2. The lowest BCUT2D eigenvalue weighted by Crippen LogP contribution is -2.47. The Morgan fingerprint density at radius 1 is 1.29 bits per heavy atom. The summed E-state index contributed by atoms with van der Waals surface area (Å²) in [5.74, 6) is -0.0897. The van der Waals surface area contributed by atoms with Crippen LogP contribution < -0.4 is 5.32 Å². The van der Waals surface area contributed by atoms with E-state index in [4.69, 9.17) is 4.74 Å². The van der Waals surface area contributed by atoms with Gasteiger partial charge in [0, 0.05) is 18.5 Å². The van der Waals surface area contributed by atoms with E-state index in [0.29, 0.717) is 0 Å². The lowest BCUT2D eigenvalue weighted by molar-refractivity contribution is -0.0991. The van der Waals surface area contributed by atoms with E-state index in [0.717, 1.165) is 43.0 Å². The van der Waals surface area contributed by atoms with Crippen LogP contribution in [0.1, 0.15) is 23.6 Å². The van der Waals surface area contributed by atoms with Crippen molar-refractivity contribution in [2.75, 3.05) is 19.8 Å². The van der Waals surface area contributed by atoms with Gasteiger partial charge >= 0.3 is 0 Å². The van der Waals surface area contributed by atoms with E-state index in [1.807, 2.05) is 26.0 Å². The summed E-state index contributed by atoms with van der Waals surface area (Å²) in [6.45, 7) is 9.24. The van der Waals surface area contributed by atoms with E-state index < -0.39 is 0 Å². The number of aryl methyl sites for hydroxylation is 2. The fourth-order valence-corrected chi connectivity index (χ4v) is 2.20. The maximum Gasteiger partial charge on any atom is 0.129 e. The summed E-state index contributed by atoms with van der Waals surface area (Å²) in [5.41, 5.74) is 2.87. The number of nitrogens with one attached hydrogen (secondary N) is 1. The van der Waals surface area contributed by atoms with E-state index in [-0.39, 0.29) is 11.2 Å². The molecule has 0 saturated carbocycles. The minimum Gasteiger partial charge on any atom is -0.380 e. The summed E-state index contributed by atoms with van der Waals surface area (Å²) in [7, 11) is 0. The first kappa shape index (κ1) is 12.5. The van der Waals surface area contributed by atoms with Crippen LogP contribution in [0.3, 0.4) is 0 Å². The second-order valence-electron chi connectivity index (χ2n) is 5.45. The van der Waals surface area contributed by atoms with Gasteiger partial charge in [0.25, 0.3) is 0 Å². The molecule has 0 radical (unpaired) electrons. The van der Waals surface area contributed by atoms with Crippen LogP contribution in [0.4, 0.5) is 4.39 Å². The Labute approximate surface area is 102 Å². The molecular formula is C14H20FNO. The average molecular weight is 237 g/mol. The fourth-order valence-electron chi connectivity index (χ4n) is 2.20. The molecule has 0 aromatic heterocycles.